The summed E-state index contributed by atoms with van der Waals surface area (Å²) in [6, 6.07) is 9.10. The van der Waals surface area contributed by atoms with E-state index in [4.69, 9.17) is 9.47 Å². The second kappa shape index (κ2) is 6.37. The van der Waals surface area contributed by atoms with Gasteiger partial charge >= 0.3 is 6.09 Å². The Bertz CT molecular complexity index is 381. The summed E-state index contributed by atoms with van der Waals surface area (Å²) in [6.07, 6.45) is -0.280. The second-order valence-electron chi connectivity index (χ2n) is 4.18. The predicted octanol–water partition coefficient (Wildman–Crippen LogP) is 1.11. The first-order valence-corrected chi connectivity index (χ1v) is 6.07. The monoisotopic (exact) mass is 250 g/mol. The Morgan fingerprint density at radius 2 is 2.28 bits per heavy atom. The molecule has 0 bridgehead atoms. The van der Waals surface area contributed by atoms with Gasteiger partial charge in [0.25, 0.3) is 0 Å². The van der Waals surface area contributed by atoms with Crippen molar-refractivity contribution >= 4 is 6.09 Å². The van der Waals surface area contributed by atoms with Crippen molar-refractivity contribution in [3.05, 3.63) is 30.3 Å². The molecule has 1 atom stereocenters. The van der Waals surface area contributed by atoms with Crippen LogP contribution in [0.15, 0.2) is 30.3 Å². The van der Waals surface area contributed by atoms with Crippen LogP contribution in [0.3, 0.4) is 0 Å². The number of nitrogens with one attached hydrogen (secondary N) is 1. The van der Waals surface area contributed by atoms with Crippen LogP contribution >= 0.6 is 0 Å². The second-order valence-corrected chi connectivity index (χ2v) is 4.18. The Kier molecular flexibility index (Phi) is 4.55. The van der Waals surface area contributed by atoms with E-state index in [9.17, 15) is 4.79 Å². The fraction of sp³-hybridized carbons (Fsp3) is 0.462. The van der Waals surface area contributed by atoms with Crippen LogP contribution in [0.4, 0.5) is 4.79 Å². The van der Waals surface area contributed by atoms with Crippen LogP contribution in [0.2, 0.25) is 0 Å². The zero-order valence-electron chi connectivity index (χ0n) is 10.5. The third kappa shape index (κ3) is 3.45. The minimum absolute atomic E-state index is 0.0343. The highest BCUT2D eigenvalue weighted by Crippen LogP contribution is 2.12. The number of nitrogens with zero attached hydrogens (tertiary/aromatic N) is 1. The topological polar surface area (TPSA) is 50.8 Å². The molecule has 5 nitrogen and oxygen atoms in total. The highest BCUT2D eigenvalue weighted by molar-refractivity contribution is 5.70. The molecule has 1 aromatic rings. The minimum atomic E-state index is -0.314. The van der Waals surface area contributed by atoms with Gasteiger partial charge in [0.2, 0.25) is 0 Å². The van der Waals surface area contributed by atoms with Crippen molar-refractivity contribution in [1.29, 1.82) is 0 Å². The van der Waals surface area contributed by atoms with Crippen LogP contribution in [0.25, 0.3) is 0 Å². The summed E-state index contributed by atoms with van der Waals surface area (Å²) < 4.78 is 10.8. The van der Waals surface area contributed by atoms with Gasteiger partial charge in [-0.1, -0.05) is 18.2 Å². The number of hydrogen-bond acceptors (Lipinski definition) is 4. The van der Waals surface area contributed by atoms with Gasteiger partial charge in [-0.05, 0) is 19.2 Å². The van der Waals surface area contributed by atoms with Crippen LogP contribution in [-0.4, -0.2) is 50.4 Å². The van der Waals surface area contributed by atoms with Gasteiger partial charge in [0.1, 0.15) is 5.75 Å². The molecule has 1 aliphatic rings. The van der Waals surface area contributed by atoms with E-state index in [0.29, 0.717) is 25.4 Å². The van der Waals surface area contributed by atoms with E-state index >= 15 is 0 Å². The van der Waals surface area contributed by atoms with E-state index in [0.717, 1.165) is 6.54 Å². The molecule has 0 spiro atoms. The fourth-order valence-electron chi connectivity index (χ4n) is 1.89. The summed E-state index contributed by atoms with van der Waals surface area (Å²) in [7, 11) is 1.87. The molecule has 2 rings (SSSR count). The van der Waals surface area contributed by atoms with E-state index < -0.39 is 0 Å². The lowest BCUT2D eigenvalue weighted by molar-refractivity contribution is -0.0183. The number of rotatable bonds is 3. The lowest BCUT2D eigenvalue weighted by atomic mass is 10.3. The van der Waals surface area contributed by atoms with Gasteiger partial charge in [-0.25, -0.2) is 4.79 Å². The molecule has 1 unspecified atom stereocenters. The normalized spacial score (nSPS) is 19.6. The molecule has 1 N–H and O–H groups in total. The minimum Gasteiger partial charge on any atom is -0.410 e. The predicted molar refractivity (Wildman–Crippen MR) is 67.7 cm³/mol. The summed E-state index contributed by atoms with van der Waals surface area (Å²) in [4.78, 5) is 13.6. The molecule has 18 heavy (non-hydrogen) atoms. The van der Waals surface area contributed by atoms with Crippen molar-refractivity contribution in [1.82, 2.24) is 10.2 Å². The highest BCUT2D eigenvalue weighted by atomic mass is 16.6. The quantitative estimate of drug-likeness (QED) is 0.873. The molecule has 0 aliphatic carbocycles. The average Bonchev–Trinajstić information content (AvgIpc) is 2.40. The van der Waals surface area contributed by atoms with Crippen molar-refractivity contribution in [2.24, 2.45) is 0 Å². The van der Waals surface area contributed by atoms with Gasteiger partial charge in [-0.2, -0.15) is 0 Å². The number of para-hydroxylation sites is 1. The molecule has 1 aromatic carbocycles. The van der Waals surface area contributed by atoms with Crippen LogP contribution in [0.5, 0.6) is 5.75 Å². The average molecular weight is 250 g/mol. The third-order valence-electron chi connectivity index (χ3n) is 2.78. The standard InChI is InChI=1S/C13H18N2O3/c1-14-9-12-10-15(7-8-17-12)13(16)18-11-5-3-2-4-6-11/h2-6,12,14H,7-10H2,1H3. The first-order valence-electron chi connectivity index (χ1n) is 6.07. The van der Waals surface area contributed by atoms with E-state index in [-0.39, 0.29) is 12.2 Å². The number of ether oxygens (including phenoxy) is 2. The van der Waals surface area contributed by atoms with Gasteiger partial charge in [0.15, 0.2) is 0 Å². The van der Waals surface area contributed by atoms with Crippen LogP contribution in [0, 0.1) is 0 Å². The summed E-state index contributed by atoms with van der Waals surface area (Å²) in [6.45, 7) is 2.42. The Hall–Kier alpha value is -1.59. The van der Waals surface area contributed by atoms with Gasteiger partial charge in [0, 0.05) is 13.1 Å². The maximum absolute atomic E-state index is 11.9. The van der Waals surface area contributed by atoms with E-state index in [1.54, 1.807) is 17.0 Å². The molecule has 1 aliphatic heterocycles. The Morgan fingerprint density at radius 1 is 1.50 bits per heavy atom. The number of morpholine rings is 1. The molecule has 1 amide bonds. The van der Waals surface area contributed by atoms with Crippen LogP contribution in [0.1, 0.15) is 0 Å². The molecule has 0 aromatic heterocycles. The number of likely N-dealkylation sites (N-methyl/N-ethyl adjacent to an activating group) is 1. The lowest BCUT2D eigenvalue weighted by Gasteiger charge is -2.32. The smallest absolute Gasteiger partial charge is 0.410 e. The van der Waals surface area contributed by atoms with Gasteiger partial charge in [-0.15, -0.1) is 0 Å². The van der Waals surface area contributed by atoms with Gasteiger partial charge in [-0.3, -0.25) is 0 Å². The van der Waals surface area contributed by atoms with E-state index in [2.05, 4.69) is 5.32 Å². The van der Waals surface area contributed by atoms with Crippen LogP contribution < -0.4 is 10.1 Å². The largest absolute Gasteiger partial charge is 0.415 e. The zero-order chi connectivity index (χ0) is 12.8. The maximum Gasteiger partial charge on any atom is 0.415 e. The van der Waals surface area contributed by atoms with Crippen molar-refractivity contribution in [3.63, 3.8) is 0 Å². The zero-order valence-corrected chi connectivity index (χ0v) is 10.5. The Morgan fingerprint density at radius 3 is 3.00 bits per heavy atom. The molecule has 98 valence electrons. The van der Waals surface area contributed by atoms with Crippen molar-refractivity contribution in [3.8, 4) is 5.75 Å². The summed E-state index contributed by atoms with van der Waals surface area (Å²) in [5.74, 6) is 0.569. The maximum atomic E-state index is 11.9. The summed E-state index contributed by atoms with van der Waals surface area (Å²) in [5.41, 5.74) is 0. The van der Waals surface area contributed by atoms with Gasteiger partial charge < -0.3 is 19.7 Å². The summed E-state index contributed by atoms with van der Waals surface area (Å²) in [5, 5.41) is 3.04. The Labute approximate surface area is 107 Å². The molecule has 1 fully saturated rings. The van der Waals surface area contributed by atoms with Gasteiger partial charge in [0.05, 0.1) is 19.3 Å². The number of benzene rings is 1. The number of carbonyl (C=O) groups excluding carboxylic acids is 1. The number of amides is 1. The molecule has 0 radical (unpaired) electrons. The Balaban J connectivity index is 1.88. The molecular weight excluding hydrogens is 232 g/mol. The highest BCUT2D eigenvalue weighted by Gasteiger charge is 2.24. The fourth-order valence-corrected chi connectivity index (χ4v) is 1.89. The first-order chi connectivity index (χ1) is 8.79. The first kappa shape index (κ1) is 12.9. The molecule has 1 saturated heterocycles. The molecular formula is C13H18N2O3. The number of hydrogen-bond donors (Lipinski definition) is 1. The SMILES string of the molecule is CNCC1CN(C(=O)Oc2ccccc2)CCO1. The van der Waals surface area contributed by atoms with E-state index in [1.807, 2.05) is 25.2 Å². The lowest BCUT2D eigenvalue weighted by Crippen LogP contribution is -2.49. The van der Waals surface area contributed by atoms with E-state index in [1.165, 1.54) is 0 Å². The number of carbonyl (C=O) groups is 1. The molecule has 1 heterocycles. The summed E-state index contributed by atoms with van der Waals surface area (Å²) >= 11 is 0. The molecule has 5 heteroatoms. The third-order valence-corrected chi connectivity index (χ3v) is 2.78. The van der Waals surface area contributed by atoms with Crippen molar-refractivity contribution < 1.29 is 14.3 Å². The van der Waals surface area contributed by atoms with Crippen molar-refractivity contribution in [2.75, 3.05) is 33.3 Å². The van der Waals surface area contributed by atoms with Crippen LogP contribution in [-0.2, 0) is 4.74 Å². The van der Waals surface area contributed by atoms with Crippen molar-refractivity contribution in [2.45, 2.75) is 6.10 Å². The molecule has 0 saturated carbocycles.